The normalized spacial score (nSPS) is 16.7. The molecule has 25 heavy (non-hydrogen) atoms. The summed E-state index contributed by atoms with van der Waals surface area (Å²) in [5.74, 6) is -2.15. The van der Waals surface area contributed by atoms with Gasteiger partial charge in [0.2, 0.25) is 11.8 Å². The van der Waals surface area contributed by atoms with Crippen molar-refractivity contribution in [1.29, 1.82) is 0 Å². The second-order valence-corrected chi connectivity index (χ2v) is 7.84. The SMILES string of the molecule is CS(=O)(=O)c1cccc(NC(=O)C2CC(=O)Nc3cc(F)ccc32)c1. The minimum Gasteiger partial charge on any atom is -0.326 e. The number of sulfone groups is 1. The maximum Gasteiger partial charge on any atom is 0.232 e. The van der Waals surface area contributed by atoms with Crippen LogP contribution in [-0.4, -0.2) is 26.5 Å². The smallest absolute Gasteiger partial charge is 0.232 e. The zero-order chi connectivity index (χ0) is 18.2. The Morgan fingerprint density at radius 3 is 2.72 bits per heavy atom. The van der Waals surface area contributed by atoms with E-state index in [1.54, 1.807) is 6.07 Å². The molecular weight excluding hydrogens is 347 g/mol. The molecule has 2 aromatic rings. The number of fused-ring (bicyclic) bond motifs is 1. The van der Waals surface area contributed by atoms with Crippen molar-refractivity contribution >= 4 is 33.0 Å². The van der Waals surface area contributed by atoms with E-state index in [-0.39, 0.29) is 22.9 Å². The van der Waals surface area contributed by atoms with Gasteiger partial charge in [0.05, 0.1) is 10.8 Å². The van der Waals surface area contributed by atoms with E-state index in [0.717, 1.165) is 12.3 Å². The van der Waals surface area contributed by atoms with Crippen LogP contribution in [0.15, 0.2) is 47.4 Å². The minimum absolute atomic E-state index is 0.0732. The third-order valence-electron chi connectivity index (χ3n) is 3.90. The van der Waals surface area contributed by atoms with Gasteiger partial charge in [-0.2, -0.15) is 0 Å². The maximum atomic E-state index is 13.3. The van der Waals surface area contributed by atoms with Crippen LogP contribution in [0, 0.1) is 5.82 Å². The summed E-state index contributed by atoms with van der Waals surface area (Å²) in [5, 5.41) is 5.16. The van der Waals surface area contributed by atoms with E-state index in [4.69, 9.17) is 0 Å². The standard InChI is InChI=1S/C17H15FN2O4S/c1-25(23,24)12-4-2-3-11(8-12)19-17(22)14-9-16(21)20-15-7-10(18)5-6-13(14)15/h2-8,14H,9H2,1H3,(H,19,22)(H,20,21). The van der Waals surface area contributed by atoms with Crippen molar-refractivity contribution in [2.24, 2.45) is 0 Å². The molecule has 6 nitrogen and oxygen atoms in total. The van der Waals surface area contributed by atoms with Crippen LogP contribution in [0.2, 0.25) is 0 Å². The van der Waals surface area contributed by atoms with Gasteiger partial charge in [0, 0.05) is 24.1 Å². The molecule has 0 saturated carbocycles. The fraction of sp³-hybridized carbons (Fsp3) is 0.176. The fourth-order valence-electron chi connectivity index (χ4n) is 2.71. The monoisotopic (exact) mass is 362 g/mol. The zero-order valence-electron chi connectivity index (χ0n) is 13.2. The predicted octanol–water partition coefficient (Wildman–Crippen LogP) is 2.29. The van der Waals surface area contributed by atoms with E-state index in [2.05, 4.69) is 10.6 Å². The largest absolute Gasteiger partial charge is 0.326 e. The number of carbonyl (C=O) groups excluding carboxylic acids is 2. The van der Waals surface area contributed by atoms with Crippen LogP contribution in [0.5, 0.6) is 0 Å². The molecule has 1 atom stereocenters. The van der Waals surface area contributed by atoms with Crippen molar-refractivity contribution in [1.82, 2.24) is 0 Å². The Morgan fingerprint density at radius 1 is 1.24 bits per heavy atom. The highest BCUT2D eigenvalue weighted by Crippen LogP contribution is 2.33. The van der Waals surface area contributed by atoms with Gasteiger partial charge in [-0.1, -0.05) is 12.1 Å². The Hall–Kier alpha value is -2.74. The quantitative estimate of drug-likeness (QED) is 0.876. The molecule has 8 heteroatoms. The average Bonchev–Trinajstić information content (AvgIpc) is 2.53. The van der Waals surface area contributed by atoms with Gasteiger partial charge in [0.15, 0.2) is 9.84 Å². The summed E-state index contributed by atoms with van der Waals surface area (Å²) in [4.78, 5) is 24.5. The van der Waals surface area contributed by atoms with Gasteiger partial charge in [0.25, 0.3) is 0 Å². The molecule has 2 amide bonds. The molecule has 3 rings (SSSR count). The zero-order valence-corrected chi connectivity index (χ0v) is 14.1. The second kappa shape index (κ2) is 6.29. The van der Waals surface area contributed by atoms with Gasteiger partial charge in [0.1, 0.15) is 5.82 Å². The molecule has 2 N–H and O–H groups in total. The van der Waals surface area contributed by atoms with Crippen molar-refractivity contribution in [3.63, 3.8) is 0 Å². The third kappa shape index (κ3) is 3.69. The molecule has 1 aliphatic heterocycles. The highest BCUT2D eigenvalue weighted by atomic mass is 32.2. The first kappa shape index (κ1) is 17.1. The molecule has 2 aromatic carbocycles. The second-order valence-electron chi connectivity index (χ2n) is 5.83. The molecule has 0 bridgehead atoms. The molecule has 130 valence electrons. The van der Waals surface area contributed by atoms with Crippen LogP contribution < -0.4 is 10.6 Å². The van der Waals surface area contributed by atoms with Gasteiger partial charge in [-0.25, -0.2) is 12.8 Å². The van der Waals surface area contributed by atoms with Crippen molar-refractivity contribution in [2.45, 2.75) is 17.2 Å². The van der Waals surface area contributed by atoms with E-state index in [0.29, 0.717) is 11.3 Å². The van der Waals surface area contributed by atoms with Gasteiger partial charge >= 0.3 is 0 Å². The van der Waals surface area contributed by atoms with Crippen LogP contribution in [0.3, 0.4) is 0 Å². The van der Waals surface area contributed by atoms with Crippen molar-refractivity contribution < 1.29 is 22.4 Å². The fourth-order valence-corrected chi connectivity index (χ4v) is 3.37. The van der Waals surface area contributed by atoms with Crippen LogP contribution in [-0.2, 0) is 19.4 Å². The molecular formula is C17H15FN2O4S. The number of benzene rings is 2. The summed E-state index contributed by atoms with van der Waals surface area (Å²) in [6.45, 7) is 0. The Balaban J connectivity index is 1.89. The van der Waals surface area contributed by atoms with E-state index in [1.165, 1.54) is 30.3 Å². The predicted molar refractivity (Wildman–Crippen MR) is 90.6 cm³/mol. The molecule has 0 fully saturated rings. The van der Waals surface area contributed by atoms with Crippen LogP contribution >= 0.6 is 0 Å². The van der Waals surface area contributed by atoms with E-state index in [1.807, 2.05) is 0 Å². The number of nitrogens with one attached hydrogen (secondary N) is 2. The number of amides is 2. The number of halogens is 1. The molecule has 0 saturated heterocycles. The van der Waals surface area contributed by atoms with Crippen LogP contribution in [0.1, 0.15) is 17.9 Å². The van der Waals surface area contributed by atoms with E-state index in [9.17, 15) is 22.4 Å². The number of carbonyl (C=O) groups is 2. The highest BCUT2D eigenvalue weighted by Gasteiger charge is 2.31. The lowest BCUT2D eigenvalue weighted by Crippen LogP contribution is -2.30. The first-order valence-corrected chi connectivity index (χ1v) is 9.33. The van der Waals surface area contributed by atoms with Crippen molar-refractivity contribution in [3.05, 3.63) is 53.8 Å². The lowest BCUT2D eigenvalue weighted by Gasteiger charge is -2.25. The Bertz CT molecular complexity index is 972. The van der Waals surface area contributed by atoms with Gasteiger partial charge in [-0.3, -0.25) is 9.59 Å². The van der Waals surface area contributed by atoms with Gasteiger partial charge < -0.3 is 10.6 Å². The van der Waals surface area contributed by atoms with Gasteiger partial charge in [-0.15, -0.1) is 0 Å². The summed E-state index contributed by atoms with van der Waals surface area (Å²) in [5.41, 5.74) is 1.08. The number of hydrogen-bond donors (Lipinski definition) is 2. The molecule has 1 heterocycles. The lowest BCUT2D eigenvalue weighted by atomic mass is 9.89. The van der Waals surface area contributed by atoms with Crippen molar-refractivity contribution in [2.75, 3.05) is 16.9 Å². The van der Waals surface area contributed by atoms with E-state index >= 15 is 0 Å². The van der Waals surface area contributed by atoms with Crippen LogP contribution in [0.4, 0.5) is 15.8 Å². The maximum absolute atomic E-state index is 13.3. The number of anilines is 2. The summed E-state index contributed by atoms with van der Waals surface area (Å²) in [6.07, 6.45) is 1.00. The molecule has 0 radical (unpaired) electrons. The first-order chi connectivity index (χ1) is 11.7. The lowest BCUT2D eigenvalue weighted by molar-refractivity contribution is -0.123. The van der Waals surface area contributed by atoms with Crippen molar-refractivity contribution in [3.8, 4) is 0 Å². The Kier molecular flexibility index (Phi) is 4.30. The summed E-state index contributed by atoms with van der Waals surface area (Å²) >= 11 is 0. The average molecular weight is 362 g/mol. The topological polar surface area (TPSA) is 92.3 Å². The number of rotatable bonds is 3. The summed E-state index contributed by atoms with van der Waals surface area (Å²) in [7, 11) is -3.41. The van der Waals surface area contributed by atoms with E-state index < -0.39 is 27.5 Å². The highest BCUT2D eigenvalue weighted by molar-refractivity contribution is 7.90. The Morgan fingerprint density at radius 2 is 2.00 bits per heavy atom. The molecule has 0 aromatic heterocycles. The van der Waals surface area contributed by atoms with Crippen LogP contribution in [0.25, 0.3) is 0 Å². The summed E-state index contributed by atoms with van der Waals surface area (Å²) < 4.78 is 36.6. The minimum atomic E-state index is -3.41. The summed E-state index contributed by atoms with van der Waals surface area (Å²) in [6, 6.07) is 9.70. The molecule has 0 spiro atoms. The molecule has 1 unspecified atom stereocenters. The van der Waals surface area contributed by atoms with Gasteiger partial charge in [-0.05, 0) is 35.9 Å². The first-order valence-electron chi connectivity index (χ1n) is 7.44. The number of hydrogen-bond acceptors (Lipinski definition) is 4. The Labute approximate surface area is 144 Å². The third-order valence-corrected chi connectivity index (χ3v) is 5.01. The molecule has 0 aliphatic carbocycles. The molecule has 1 aliphatic rings.